The fourth-order valence-electron chi connectivity index (χ4n) is 3.20. The van der Waals surface area contributed by atoms with Crippen LogP contribution in [0.25, 0.3) is 0 Å². The highest BCUT2D eigenvalue weighted by Gasteiger charge is 2.28. The van der Waals surface area contributed by atoms with Gasteiger partial charge in [0, 0.05) is 12.8 Å². The van der Waals surface area contributed by atoms with Crippen molar-refractivity contribution in [3.05, 3.63) is 35.9 Å². The summed E-state index contributed by atoms with van der Waals surface area (Å²) in [5.41, 5.74) is 17.2. The van der Waals surface area contributed by atoms with Crippen molar-refractivity contribution in [2.45, 2.75) is 69.6 Å². The molecule has 0 aromatic heterocycles. The summed E-state index contributed by atoms with van der Waals surface area (Å²) in [6.07, 6.45) is 1.48. The van der Waals surface area contributed by atoms with Gasteiger partial charge in [-0.15, -0.1) is 0 Å². The van der Waals surface area contributed by atoms with Gasteiger partial charge >= 0.3 is 5.97 Å². The maximum atomic E-state index is 12.8. The lowest BCUT2D eigenvalue weighted by atomic mass is 10.1. The van der Waals surface area contributed by atoms with Crippen molar-refractivity contribution in [1.82, 2.24) is 16.0 Å². The maximum absolute atomic E-state index is 12.8. The molecule has 0 radical (unpaired) electrons. The van der Waals surface area contributed by atoms with Gasteiger partial charge in [0.05, 0.1) is 6.04 Å². The summed E-state index contributed by atoms with van der Waals surface area (Å²) >= 11 is 0. The number of aliphatic carboxylic acids is 1. The number of rotatable bonds is 16. The molecule has 12 nitrogen and oxygen atoms in total. The van der Waals surface area contributed by atoms with Crippen molar-refractivity contribution in [1.29, 1.82) is 0 Å². The average Bonchev–Trinajstić information content (AvgIpc) is 2.81. The Morgan fingerprint density at radius 2 is 1.51 bits per heavy atom. The summed E-state index contributed by atoms with van der Waals surface area (Å²) in [7, 11) is 0. The zero-order chi connectivity index (χ0) is 26.4. The van der Waals surface area contributed by atoms with Crippen molar-refractivity contribution in [3.8, 4) is 0 Å². The SMILES string of the molecule is CC(NC(=O)C(CCC(N)=O)NC(=O)C(N)CCCCN)C(=O)NC(Cc1ccccc1)C(=O)O. The number of unbranched alkanes of at least 4 members (excludes halogenated alkanes) is 1. The van der Waals surface area contributed by atoms with Crippen LogP contribution in [0.3, 0.4) is 0 Å². The zero-order valence-electron chi connectivity index (χ0n) is 19.9. The number of carbonyl (C=O) groups excluding carboxylic acids is 4. The minimum Gasteiger partial charge on any atom is -0.480 e. The van der Waals surface area contributed by atoms with Gasteiger partial charge in [0.25, 0.3) is 0 Å². The first-order valence-corrected chi connectivity index (χ1v) is 11.5. The molecule has 4 amide bonds. The lowest BCUT2D eigenvalue weighted by Crippen LogP contribution is -2.56. The third kappa shape index (κ3) is 11.5. The van der Waals surface area contributed by atoms with E-state index in [1.807, 2.05) is 0 Å². The minimum atomic E-state index is -1.23. The number of primary amides is 1. The molecular formula is C23H36N6O6. The second kappa shape index (κ2) is 15.4. The van der Waals surface area contributed by atoms with Gasteiger partial charge in [0.15, 0.2) is 0 Å². The van der Waals surface area contributed by atoms with Gasteiger partial charge in [-0.1, -0.05) is 36.8 Å². The molecule has 0 bridgehead atoms. The van der Waals surface area contributed by atoms with Crippen molar-refractivity contribution >= 4 is 29.6 Å². The quantitative estimate of drug-likeness (QED) is 0.134. The second-order valence-corrected chi connectivity index (χ2v) is 8.28. The van der Waals surface area contributed by atoms with Gasteiger partial charge in [-0.05, 0) is 38.3 Å². The van der Waals surface area contributed by atoms with Crippen LogP contribution in [0, 0.1) is 0 Å². The predicted octanol–water partition coefficient (Wildman–Crippen LogP) is -1.49. The van der Waals surface area contributed by atoms with Crippen LogP contribution >= 0.6 is 0 Å². The Balaban J connectivity index is 2.77. The zero-order valence-corrected chi connectivity index (χ0v) is 19.9. The van der Waals surface area contributed by atoms with Crippen LogP contribution in [0.5, 0.6) is 0 Å². The highest BCUT2D eigenvalue weighted by Crippen LogP contribution is 2.05. The molecule has 0 saturated carbocycles. The van der Waals surface area contributed by atoms with Crippen LogP contribution in [0.15, 0.2) is 30.3 Å². The fourth-order valence-corrected chi connectivity index (χ4v) is 3.20. The first-order chi connectivity index (χ1) is 16.5. The molecule has 0 aliphatic carbocycles. The molecule has 0 fully saturated rings. The first-order valence-electron chi connectivity index (χ1n) is 11.5. The maximum Gasteiger partial charge on any atom is 0.326 e. The standard InChI is InChI=1S/C23H36N6O6/c1-14(20(31)29-18(23(34)35)13-15-7-3-2-4-8-15)27-22(33)17(10-11-19(26)30)28-21(32)16(25)9-5-6-12-24/h2-4,7-8,14,16-18H,5-6,9-13,24-25H2,1H3,(H2,26,30)(H,27,33)(H,28,32)(H,29,31)(H,34,35). The van der Waals surface area contributed by atoms with Crippen molar-refractivity contribution < 1.29 is 29.1 Å². The smallest absolute Gasteiger partial charge is 0.326 e. The summed E-state index contributed by atoms with van der Waals surface area (Å²) in [6.45, 7) is 1.84. The number of benzene rings is 1. The molecule has 1 aromatic rings. The van der Waals surface area contributed by atoms with Crippen molar-refractivity contribution in [3.63, 3.8) is 0 Å². The normalized spacial score (nSPS) is 14.1. The summed E-state index contributed by atoms with van der Waals surface area (Å²) in [4.78, 5) is 60.6. The number of nitrogens with two attached hydrogens (primary N) is 3. The number of carboxylic acid groups (broad SMARTS) is 1. The third-order valence-corrected chi connectivity index (χ3v) is 5.27. The first kappa shape index (κ1) is 29.5. The summed E-state index contributed by atoms with van der Waals surface area (Å²) in [6, 6.07) is 4.40. The number of carbonyl (C=O) groups is 5. The Hall–Kier alpha value is -3.51. The van der Waals surface area contributed by atoms with Gasteiger partial charge in [-0.3, -0.25) is 19.2 Å². The summed E-state index contributed by atoms with van der Waals surface area (Å²) in [5.74, 6) is -3.93. The van der Waals surface area contributed by atoms with Crippen LogP contribution in [0.1, 0.15) is 44.6 Å². The van der Waals surface area contributed by atoms with Crippen LogP contribution in [-0.2, 0) is 30.4 Å². The Morgan fingerprint density at radius 1 is 0.886 bits per heavy atom. The topological polar surface area (TPSA) is 220 Å². The van der Waals surface area contributed by atoms with E-state index >= 15 is 0 Å². The highest BCUT2D eigenvalue weighted by molar-refractivity contribution is 5.94. The summed E-state index contributed by atoms with van der Waals surface area (Å²) < 4.78 is 0. The average molecular weight is 493 g/mol. The fraction of sp³-hybridized carbons (Fsp3) is 0.522. The van der Waals surface area contributed by atoms with E-state index in [4.69, 9.17) is 17.2 Å². The largest absolute Gasteiger partial charge is 0.480 e. The van der Waals surface area contributed by atoms with E-state index in [2.05, 4.69) is 16.0 Å². The van der Waals surface area contributed by atoms with Crippen LogP contribution < -0.4 is 33.2 Å². The summed E-state index contributed by atoms with van der Waals surface area (Å²) in [5, 5.41) is 16.8. The molecule has 1 rings (SSSR count). The van der Waals surface area contributed by atoms with Gasteiger partial charge in [0.2, 0.25) is 23.6 Å². The van der Waals surface area contributed by atoms with Gasteiger partial charge < -0.3 is 38.3 Å². The van der Waals surface area contributed by atoms with E-state index < -0.39 is 53.8 Å². The third-order valence-electron chi connectivity index (χ3n) is 5.27. The number of hydrogen-bond donors (Lipinski definition) is 7. The molecule has 0 aliphatic rings. The lowest BCUT2D eigenvalue weighted by molar-refractivity contribution is -0.142. The van der Waals surface area contributed by atoms with Crippen LogP contribution in [0.4, 0.5) is 0 Å². The molecule has 4 unspecified atom stereocenters. The van der Waals surface area contributed by atoms with Crippen molar-refractivity contribution in [2.75, 3.05) is 6.54 Å². The van der Waals surface area contributed by atoms with Crippen LogP contribution in [-0.4, -0.2) is 65.4 Å². The molecule has 0 saturated heterocycles. The van der Waals surface area contributed by atoms with E-state index in [1.54, 1.807) is 30.3 Å². The molecule has 4 atom stereocenters. The number of carboxylic acids is 1. The Bertz CT molecular complexity index is 865. The Labute approximate surface area is 204 Å². The van der Waals surface area contributed by atoms with Gasteiger partial charge in [-0.2, -0.15) is 0 Å². The molecule has 10 N–H and O–H groups in total. The van der Waals surface area contributed by atoms with E-state index in [1.165, 1.54) is 6.92 Å². The Morgan fingerprint density at radius 3 is 2.09 bits per heavy atom. The minimum absolute atomic E-state index is 0.0575. The van der Waals surface area contributed by atoms with E-state index in [0.717, 1.165) is 0 Å². The molecule has 0 spiro atoms. The molecule has 12 heteroatoms. The van der Waals surface area contributed by atoms with E-state index in [9.17, 15) is 29.1 Å². The van der Waals surface area contributed by atoms with Crippen molar-refractivity contribution in [2.24, 2.45) is 17.2 Å². The van der Waals surface area contributed by atoms with Gasteiger partial charge in [-0.25, -0.2) is 4.79 Å². The van der Waals surface area contributed by atoms with E-state index in [0.29, 0.717) is 31.4 Å². The number of amides is 4. The molecule has 0 heterocycles. The van der Waals surface area contributed by atoms with E-state index in [-0.39, 0.29) is 19.3 Å². The van der Waals surface area contributed by atoms with Gasteiger partial charge in [0.1, 0.15) is 18.1 Å². The predicted molar refractivity (Wildman–Crippen MR) is 129 cm³/mol. The molecule has 1 aromatic carbocycles. The molecule has 0 aliphatic heterocycles. The Kier molecular flexibility index (Phi) is 13.0. The molecular weight excluding hydrogens is 456 g/mol. The van der Waals surface area contributed by atoms with Crippen LogP contribution in [0.2, 0.25) is 0 Å². The number of hydrogen-bond acceptors (Lipinski definition) is 7. The highest BCUT2D eigenvalue weighted by atomic mass is 16.4. The molecule has 35 heavy (non-hydrogen) atoms. The second-order valence-electron chi connectivity index (χ2n) is 8.28. The monoisotopic (exact) mass is 492 g/mol. The molecule has 194 valence electrons. The lowest BCUT2D eigenvalue weighted by Gasteiger charge is -2.23. The number of nitrogens with one attached hydrogen (secondary N) is 3.